The van der Waals surface area contributed by atoms with Crippen LogP contribution >= 0.6 is 11.3 Å². The first-order chi connectivity index (χ1) is 17.6. The van der Waals surface area contributed by atoms with Crippen molar-refractivity contribution in [3.05, 3.63) is 94.9 Å². The average Bonchev–Trinajstić information content (AvgIpc) is 3.48. The van der Waals surface area contributed by atoms with E-state index in [1.165, 1.54) is 16.9 Å². The number of nitrogens with one attached hydrogen (secondary N) is 1. The Balaban J connectivity index is 1.48. The zero-order valence-corrected chi connectivity index (χ0v) is 20.9. The summed E-state index contributed by atoms with van der Waals surface area (Å²) in [6.45, 7) is 2.05. The number of thiazole rings is 1. The van der Waals surface area contributed by atoms with Crippen LogP contribution in [0, 0.1) is 6.92 Å². The number of nitrogens with zero attached hydrogens (tertiary/aromatic N) is 3. The highest BCUT2D eigenvalue weighted by Crippen LogP contribution is 2.30. The minimum Gasteiger partial charge on any atom is -0.493 e. The van der Waals surface area contributed by atoms with Gasteiger partial charge in [-0.2, -0.15) is 4.98 Å². The molecule has 0 bridgehead atoms. The van der Waals surface area contributed by atoms with Crippen molar-refractivity contribution in [1.29, 1.82) is 0 Å². The molecule has 2 aromatic heterocycles. The van der Waals surface area contributed by atoms with Gasteiger partial charge < -0.3 is 9.47 Å². The summed E-state index contributed by atoms with van der Waals surface area (Å²) < 4.78 is 12.5. The highest BCUT2D eigenvalue weighted by molar-refractivity contribution is 7.15. The van der Waals surface area contributed by atoms with Gasteiger partial charge in [0.1, 0.15) is 0 Å². The monoisotopic (exact) mass is 496 g/mol. The molecule has 5 aromatic rings. The number of fused-ring (bicyclic) bond motifs is 1. The molecule has 36 heavy (non-hydrogen) atoms. The number of benzene rings is 3. The second-order valence-corrected chi connectivity index (χ2v) is 8.95. The number of ether oxygens (including phenoxy) is 2. The third-order valence-corrected chi connectivity index (χ3v) is 6.52. The normalized spacial score (nSPS) is 11.5. The topological polar surface area (TPSA) is 77.8 Å². The van der Waals surface area contributed by atoms with Crippen LogP contribution < -0.4 is 14.8 Å². The summed E-state index contributed by atoms with van der Waals surface area (Å²) in [4.78, 5) is 18.7. The number of rotatable bonds is 7. The van der Waals surface area contributed by atoms with Crippen LogP contribution in [0.3, 0.4) is 0 Å². The Morgan fingerprint density at radius 3 is 2.44 bits per heavy atom. The summed E-state index contributed by atoms with van der Waals surface area (Å²) in [7, 11) is 3.17. The van der Waals surface area contributed by atoms with Crippen LogP contribution in [0.2, 0.25) is 0 Å². The lowest BCUT2D eigenvalue weighted by Gasteiger charge is -2.10. The molecule has 1 amide bonds. The number of amides is 1. The molecule has 5 rings (SSSR count). The standard InChI is InChI=1S/C28H24N4O3S/c1-18-9-12-21(13-10-18)23-17-36-28-30-27(31-32(23)28)29-26(33)22(20-7-5-4-6-8-20)15-19-11-14-24(34-2)25(16-19)35-3/h4-17H,1-3H3,(H,29,31,33)/b22-15+. The molecule has 0 unspecified atom stereocenters. The third kappa shape index (κ3) is 4.71. The van der Waals surface area contributed by atoms with Gasteiger partial charge in [-0.3, -0.25) is 10.1 Å². The zero-order chi connectivity index (χ0) is 25.1. The van der Waals surface area contributed by atoms with E-state index in [1.807, 2.05) is 60.0 Å². The van der Waals surface area contributed by atoms with Gasteiger partial charge >= 0.3 is 0 Å². The molecular weight excluding hydrogens is 472 g/mol. The molecule has 0 aliphatic rings. The predicted octanol–water partition coefficient (Wildman–Crippen LogP) is 5.96. The van der Waals surface area contributed by atoms with Crippen molar-refractivity contribution >= 4 is 39.8 Å². The van der Waals surface area contributed by atoms with E-state index in [0.29, 0.717) is 22.0 Å². The quantitative estimate of drug-likeness (QED) is 0.222. The molecule has 2 heterocycles. The van der Waals surface area contributed by atoms with Gasteiger partial charge in [-0.15, -0.1) is 16.4 Å². The van der Waals surface area contributed by atoms with E-state index >= 15 is 0 Å². The van der Waals surface area contributed by atoms with Gasteiger partial charge in [0.15, 0.2) is 11.5 Å². The lowest BCUT2D eigenvalue weighted by molar-refractivity contribution is -0.111. The molecule has 3 aromatic carbocycles. The van der Waals surface area contributed by atoms with Crippen LogP contribution in [0.5, 0.6) is 11.5 Å². The largest absolute Gasteiger partial charge is 0.493 e. The number of carbonyl (C=O) groups is 1. The van der Waals surface area contributed by atoms with Crippen LogP contribution in [0.25, 0.3) is 27.9 Å². The Kier molecular flexibility index (Phi) is 6.51. The lowest BCUT2D eigenvalue weighted by Crippen LogP contribution is -2.15. The number of carbonyl (C=O) groups excluding carboxylic acids is 1. The van der Waals surface area contributed by atoms with Crippen LogP contribution in [0.1, 0.15) is 16.7 Å². The van der Waals surface area contributed by atoms with E-state index < -0.39 is 0 Å². The highest BCUT2D eigenvalue weighted by Gasteiger charge is 2.17. The Bertz CT molecular complexity index is 1550. The van der Waals surface area contributed by atoms with Gasteiger partial charge in [-0.1, -0.05) is 66.2 Å². The number of aryl methyl sites for hydroxylation is 1. The summed E-state index contributed by atoms with van der Waals surface area (Å²) in [6.07, 6.45) is 1.81. The van der Waals surface area contributed by atoms with Crippen molar-refractivity contribution in [2.45, 2.75) is 6.92 Å². The second-order valence-electron chi connectivity index (χ2n) is 8.11. The van der Waals surface area contributed by atoms with Gasteiger partial charge in [-0.25, -0.2) is 4.52 Å². The maximum Gasteiger partial charge on any atom is 0.258 e. The Morgan fingerprint density at radius 2 is 1.72 bits per heavy atom. The van der Waals surface area contributed by atoms with Gasteiger partial charge in [0.05, 0.1) is 19.9 Å². The summed E-state index contributed by atoms with van der Waals surface area (Å²) in [6, 6.07) is 23.2. The number of hydrogen-bond donors (Lipinski definition) is 1. The summed E-state index contributed by atoms with van der Waals surface area (Å²) in [5.41, 5.74) is 5.18. The van der Waals surface area contributed by atoms with Crippen LogP contribution in [-0.4, -0.2) is 34.7 Å². The van der Waals surface area contributed by atoms with Crippen LogP contribution in [-0.2, 0) is 4.79 Å². The molecular formula is C28H24N4O3S. The smallest absolute Gasteiger partial charge is 0.258 e. The van der Waals surface area contributed by atoms with Crippen molar-refractivity contribution in [2.75, 3.05) is 19.5 Å². The molecule has 0 saturated heterocycles. The van der Waals surface area contributed by atoms with Gasteiger partial charge in [0, 0.05) is 16.5 Å². The van der Waals surface area contributed by atoms with E-state index in [2.05, 4.69) is 46.6 Å². The van der Waals surface area contributed by atoms with E-state index in [0.717, 1.165) is 22.4 Å². The van der Waals surface area contributed by atoms with Gasteiger partial charge in [0.25, 0.3) is 11.9 Å². The number of hydrogen-bond acceptors (Lipinski definition) is 6. The fourth-order valence-corrected chi connectivity index (χ4v) is 4.66. The number of anilines is 1. The molecule has 7 nitrogen and oxygen atoms in total. The molecule has 1 N–H and O–H groups in total. The van der Waals surface area contributed by atoms with Crippen molar-refractivity contribution < 1.29 is 14.3 Å². The maximum absolute atomic E-state index is 13.5. The third-order valence-electron chi connectivity index (χ3n) is 5.70. The summed E-state index contributed by atoms with van der Waals surface area (Å²) >= 11 is 1.47. The van der Waals surface area contributed by atoms with E-state index in [-0.39, 0.29) is 11.9 Å². The molecule has 0 radical (unpaired) electrons. The average molecular weight is 497 g/mol. The molecule has 8 heteroatoms. The molecule has 0 aliphatic heterocycles. The molecule has 0 aliphatic carbocycles. The molecule has 0 fully saturated rings. The Labute approximate surface area is 212 Å². The van der Waals surface area contributed by atoms with Crippen LogP contribution in [0.4, 0.5) is 5.95 Å². The highest BCUT2D eigenvalue weighted by atomic mass is 32.1. The van der Waals surface area contributed by atoms with Crippen molar-refractivity contribution in [3.63, 3.8) is 0 Å². The first-order valence-corrected chi connectivity index (χ1v) is 12.2. The first-order valence-electron chi connectivity index (χ1n) is 11.3. The van der Waals surface area contributed by atoms with Gasteiger partial charge in [0.2, 0.25) is 4.96 Å². The predicted molar refractivity (Wildman–Crippen MR) is 144 cm³/mol. The Hall–Kier alpha value is -4.43. The van der Waals surface area contributed by atoms with E-state index in [1.54, 1.807) is 18.7 Å². The van der Waals surface area contributed by atoms with Crippen molar-refractivity contribution in [1.82, 2.24) is 14.6 Å². The molecule has 0 saturated carbocycles. The van der Waals surface area contributed by atoms with Crippen molar-refractivity contribution in [3.8, 4) is 22.8 Å². The fraction of sp³-hybridized carbons (Fsp3) is 0.107. The fourth-order valence-electron chi connectivity index (χ4n) is 3.83. The molecule has 0 spiro atoms. The van der Waals surface area contributed by atoms with Crippen LogP contribution in [0.15, 0.2) is 78.2 Å². The first kappa shape index (κ1) is 23.3. The number of aromatic nitrogens is 3. The summed E-state index contributed by atoms with van der Waals surface area (Å²) in [5, 5.41) is 9.45. The molecule has 0 atom stereocenters. The minimum atomic E-state index is -0.314. The Morgan fingerprint density at radius 1 is 0.972 bits per heavy atom. The lowest BCUT2D eigenvalue weighted by atomic mass is 10.0. The second kappa shape index (κ2) is 10.1. The van der Waals surface area contributed by atoms with Crippen molar-refractivity contribution in [2.24, 2.45) is 0 Å². The molecule has 180 valence electrons. The number of methoxy groups -OCH3 is 2. The maximum atomic E-state index is 13.5. The van der Waals surface area contributed by atoms with E-state index in [9.17, 15) is 4.79 Å². The van der Waals surface area contributed by atoms with Gasteiger partial charge in [-0.05, 0) is 36.3 Å². The minimum absolute atomic E-state index is 0.245. The SMILES string of the molecule is COc1ccc(/C=C(/C(=O)Nc2nc3scc(-c4ccc(C)cc4)n3n2)c2ccccc2)cc1OC. The van der Waals surface area contributed by atoms with E-state index in [4.69, 9.17) is 9.47 Å². The zero-order valence-electron chi connectivity index (χ0n) is 20.1. The summed E-state index contributed by atoms with van der Waals surface area (Å²) in [5.74, 6) is 1.13.